The minimum atomic E-state index is -0.0427. The zero-order valence-corrected chi connectivity index (χ0v) is 15.8. The highest BCUT2D eigenvalue weighted by Crippen LogP contribution is 2.12. The Kier molecular flexibility index (Phi) is 7.88. The molecule has 0 spiro atoms. The summed E-state index contributed by atoms with van der Waals surface area (Å²) in [5, 5.41) is 2.91. The number of nitrogens with zero attached hydrogens (tertiary/aromatic N) is 2. The lowest BCUT2D eigenvalue weighted by atomic mass is 10.1. The van der Waals surface area contributed by atoms with Crippen molar-refractivity contribution in [1.29, 1.82) is 0 Å². The molecule has 2 rings (SSSR count). The molecule has 0 atom stereocenters. The van der Waals surface area contributed by atoms with Crippen LogP contribution in [0.5, 0.6) is 0 Å². The lowest BCUT2D eigenvalue weighted by Crippen LogP contribution is -2.45. The summed E-state index contributed by atoms with van der Waals surface area (Å²) in [5.41, 5.74) is 0.654. The van der Waals surface area contributed by atoms with Crippen LogP contribution < -0.4 is 5.32 Å². The first-order valence-electron chi connectivity index (χ1n) is 8.51. The van der Waals surface area contributed by atoms with Crippen molar-refractivity contribution >= 4 is 27.6 Å². The second-order valence-corrected chi connectivity index (χ2v) is 7.19. The fourth-order valence-corrected chi connectivity index (χ4v) is 2.96. The van der Waals surface area contributed by atoms with Gasteiger partial charge in [0, 0.05) is 55.6 Å². The van der Waals surface area contributed by atoms with Crippen LogP contribution >= 0.6 is 15.9 Å². The van der Waals surface area contributed by atoms with Crippen LogP contribution in [0.4, 0.5) is 0 Å². The van der Waals surface area contributed by atoms with Gasteiger partial charge in [-0.15, -0.1) is 0 Å². The summed E-state index contributed by atoms with van der Waals surface area (Å²) in [5.74, 6) is -0.0334. The summed E-state index contributed by atoms with van der Waals surface area (Å²) in [4.78, 5) is 28.6. The van der Waals surface area contributed by atoms with Gasteiger partial charge in [0.1, 0.15) is 0 Å². The molecule has 1 aromatic carbocycles. The molecule has 0 aromatic heterocycles. The molecule has 0 saturated carbocycles. The predicted octanol–water partition coefficient (Wildman–Crippen LogP) is 2.17. The lowest BCUT2D eigenvalue weighted by molar-refractivity contribution is -0.121. The van der Waals surface area contributed by atoms with Crippen molar-refractivity contribution in [3.63, 3.8) is 0 Å². The molecule has 1 aromatic rings. The number of carbonyl (C=O) groups is 2. The minimum Gasteiger partial charge on any atom is -0.356 e. The van der Waals surface area contributed by atoms with Gasteiger partial charge in [0.15, 0.2) is 5.78 Å². The Hall–Kier alpha value is -1.24. The number of amides is 1. The highest BCUT2D eigenvalue weighted by molar-refractivity contribution is 9.10. The molecule has 5 nitrogen and oxygen atoms in total. The number of ketones is 1. The molecule has 0 aliphatic carbocycles. The Morgan fingerprint density at radius 3 is 2.42 bits per heavy atom. The molecule has 132 valence electrons. The van der Waals surface area contributed by atoms with Crippen LogP contribution in [0, 0.1) is 0 Å². The number of rotatable bonds is 8. The van der Waals surface area contributed by atoms with Crippen molar-refractivity contribution in [1.82, 2.24) is 15.1 Å². The number of hydrogen-bond acceptors (Lipinski definition) is 4. The first kappa shape index (κ1) is 19.1. The third-order valence-electron chi connectivity index (χ3n) is 4.31. The van der Waals surface area contributed by atoms with Gasteiger partial charge in [-0.3, -0.25) is 9.59 Å². The summed E-state index contributed by atoms with van der Waals surface area (Å²) < 4.78 is 0.942. The van der Waals surface area contributed by atoms with E-state index in [9.17, 15) is 9.59 Å². The molecule has 0 bridgehead atoms. The van der Waals surface area contributed by atoms with E-state index in [0.717, 1.165) is 43.6 Å². The van der Waals surface area contributed by atoms with E-state index in [4.69, 9.17) is 0 Å². The number of benzene rings is 1. The molecule has 1 amide bonds. The van der Waals surface area contributed by atoms with Gasteiger partial charge in [0.05, 0.1) is 0 Å². The number of hydrogen-bond donors (Lipinski definition) is 1. The number of likely N-dealkylation sites (N-methyl/N-ethyl adjacent to an activating group) is 1. The van der Waals surface area contributed by atoms with Crippen LogP contribution in [0.25, 0.3) is 0 Å². The zero-order chi connectivity index (χ0) is 17.4. The van der Waals surface area contributed by atoms with Crippen molar-refractivity contribution in [2.75, 3.05) is 46.3 Å². The van der Waals surface area contributed by atoms with Crippen LogP contribution in [-0.2, 0) is 4.79 Å². The van der Waals surface area contributed by atoms with Gasteiger partial charge in [-0.1, -0.05) is 28.1 Å². The molecule has 1 aliphatic rings. The molecule has 1 N–H and O–H groups in total. The summed E-state index contributed by atoms with van der Waals surface area (Å²) in [6.45, 7) is 6.14. The molecule has 0 radical (unpaired) electrons. The van der Waals surface area contributed by atoms with Crippen LogP contribution in [0.3, 0.4) is 0 Å². The maximum atomic E-state index is 12.0. The molecular formula is C18H26BrN3O2. The monoisotopic (exact) mass is 395 g/mol. The predicted molar refractivity (Wildman–Crippen MR) is 99.3 cm³/mol. The fraction of sp³-hybridized carbons (Fsp3) is 0.556. The quantitative estimate of drug-likeness (QED) is 0.541. The Labute approximate surface area is 152 Å². The van der Waals surface area contributed by atoms with Crippen molar-refractivity contribution in [2.45, 2.75) is 19.3 Å². The Morgan fingerprint density at radius 2 is 1.75 bits per heavy atom. The van der Waals surface area contributed by atoms with Gasteiger partial charge in [0.25, 0.3) is 0 Å². The van der Waals surface area contributed by atoms with E-state index in [1.807, 2.05) is 12.1 Å². The Bertz CT molecular complexity index is 540. The summed E-state index contributed by atoms with van der Waals surface area (Å²) in [6, 6.07) is 7.23. The van der Waals surface area contributed by atoms with E-state index in [1.165, 1.54) is 0 Å². The van der Waals surface area contributed by atoms with Gasteiger partial charge in [-0.25, -0.2) is 0 Å². The lowest BCUT2D eigenvalue weighted by Gasteiger charge is -2.32. The van der Waals surface area contributed by atoms with E-state index in [-0.39, 0.29) is 24.5 Å². The first-order chi connectivity index (χ1) is 11.5. The van der Waals surface area contributed by atoms with Gasteiger partial charge >= 0.3 is 0 Å². The number of piperazine rings is 1. The van der Waals surface area contributed by atoms with E-state index in [2.05, 4.69) is 38.1 Å². The fourth-order valence-electron chi connectivity index (χ4n) is 2.70. The minimum absolute atomic E-state index is 0.00934. The highest BCUT2D eigenvalue weighted by Gasteiger charge is 2.13. The molecular weight excluding hydrogens is 370 g/mol. The number of Topliss-reactive ketones (excluding diaryl/α,β-unsaturated/α-hetero) is 1. The normalized spacial score (nSPS) is 16.1. The van der Waals surface area contributed by atoms with E-state index in [1.54, 1.807) is 12.1 Å². The highest BCUT2D eigenvalue weighted by atomic mass is 79.9. The van der Waals surface area contributed by atoms with Crippen molar-refractivity contribution < 1.29 is 9.59 Å². The van der Waals surface area contributed by atoms with E-state index in [0.29, 0.717) is 12.1 Å². The number of carbonyl (C=O) groups excluding carboxylic acids is 2. The van der Waals surface area contributed by atoms with Gasteiger partial charge < -0.3 is 15.1 Å². The molecule has 1 fully saturated rings. The summed E-state index contributed by atoms with van der Waals surface area (Å²) in [7, 11) is 2.15. The van der Waals surface area contributed by atoms with Gasteiger partial charge in [-0.2, -0.15) is 0 Å². The average molecular weight is 396 g/mol. The van der Waals surface area contributed by atoms with Crippen LogP contribution in [-0.4, -0.2) is 67.8 Å². The third kappa shape index (κ3) is 6.71. The van der Waals surface area contributed by atoms with Crippen molar-refractivity contribution in [3.05, 3.63) is 34.3 Å². The zero-order valence-electron chi connectivity index (χ0n) is 14.3. The first-order valence-corrected chi connectivity index (χ1v) is 9.30. The molecule has 1 saturated heterocycles. The molecule has 0 unspecified atom stereocenters. The summed E-state index contributed by atoms with van der Waals surface area (Å²) >= 11 is 3.34. The average Bonchev–Trinajstić information content (AvgIpc) is 2.59. The van der Waals surface area contributed by atoms with Crippen molar-refractivity contribution in [2.24, 2.45) is 0 Å². The van der Waals surface area contributed by atoms with Gasteiger partial charge in [0.2, 0.25) is 5.91 Å². The maximum Gasteiger partial charge on any atom is 0.220 e. The number of nitrogens with one attached hydrogen (secondary N) is 1. The van der Waals surface area contributed by atoms with Crippen molar-refractivity contribution in [3.8, 4) is 0 Å². The smallest absolute Gasteiger partial charge is 0.220 e. The summed E-state index contributed by atoms with van der Waals surface area (Å²) in [6.07, 6.45) is 1.46. The van der Waals surface area contributed by atoms with E-state index < -0.39 is 0 Å². The molecule has 6 heteroatoms. The van der Waals surface area contributed by atoms with Crippen LogP contribution in [0.1, 0.15) is 29.6 Å². The second kappa shape index (κ2) is 9.91. The SMILES string of the molecule is CN1CCN(CCCNC(=O)CCC(=O)c2ccc(Br)cc2)CC1. The van der Waals surface area contributed by atoms with Crippen LogP contribution in [0.15, 0.2) is 28.7 Å². The molecule has 1 heterocycles. The van der Waals surface area contributed by atoms with Gasteiger partial charge in [-0.05, 0) is 32.1 Å². The standard InChI is InChI=1S/C18H26BrN3O2/c1-21-11-13-22(14-12-21)10-2-9-20-18(24)8-7-17(23)15-3-5-16(19)6-4-15/h3-6H,2,7-14H2,1H3,(H,20,24). The molecule has 1 aliphatic heterocycles. The topological polar surface area (TPSA) is 52.6 Å². The van der Waals surface area contributed by atoms with E-state index >= 15 is 0 Å². The maximum absolute atomic E-state index is 12.0. The number of halogens is 1. The van der Waals surface area contributed by atoms with Crippen LogP contribution in [0.2, 0.25) is 0 Å². The largest absolute Gasteiger partial charge is 0.356 e. The Balaban J connectivity index is 1.56. The Morgan fingerprint density at radius 1 is 1.08 bits per heavy atom. The molecule has 24 heavy (non-hydrogen) atoms. The second-order valence-electron chi connectivity index (χ2n) is 6.28. The third-order valence-corrected chi connectivity index (χ3v) is 4.84.